The first kappa shape index (κ1) is 18.9. The van der Waals surface area contributed by atoms with Crippen LogP contribution in [0.5, 0.6) is 0 Å². The second kappa shape index (κ2) is 8.69. The average Bonchev–Trinajstić information content (AvgIpc) is 2.65. The van der Waals surface area contributed by atoms with Crippen LogP contribution in [0.25, 0.3) is 0 Å². The summed E-state index contributed by atoms with van der Waals surface area (Å²) in [5.41, 5.74) is 3.18. The van der Waals surface area contributed by atoms with Gasteiger partial charge in [0.15, 0.2) is 0 Å². The van der Waals surface area contributed by atoms with Gasteiger partial charge in [-0.3, -0.25) is 4.79 Å². The summed E-state index contributed by atoms with van der Waals surface area (Å²) in [5.74, 6) is 0.505. The minimum atomic E-state index is -0.284. The topological polar surface area (TPSA) is 41.1 Å². The zero-order chi connectivity index (χ0) is 18.5. The van der Waals surface area contributed by atoms with E-state index in [1.54, 1.807) is 17.8 Å². The Hall–Kier alpha value is -1.85. The van der Waals surface area contributed by atoms with E-state index in [1.165, 1.54) is 5.56 Å². The molecule has 3 rings (SSSR count). The van der Waals surface area contributed by atoms with Crippen molar-refractivity contribution >= 4 is 23.4 Å². The van der Waals surface area contributed by atoms with Gasteiger partial charge in [-0.05, 0) is 41.6 Å². The summed E-state index contributed by atoms with van der Waals surface area (Å²) in [4.78, 5) is 12.8. The van der Waals surface area contributed by atoms with Crippen LogP contribution in [0.2, 0.25) is 0 Å². The molecule has 1 atom stereocenters. The van der Waals surface area contributed by atoms with Crippen LogP contribution in [0, 0.1) is 11.7 Å². The molecular formula is C21H25FN2OS. The molecule has 1 unspecified atom stereocenters. The molecule has 0 saturated heterocycles. The Labute approximate surface area is 158 Å². The second-order valence-electron chi connectivity index (χ2n) is 6.94. The number of anilines is 1. The van der Waals surface area contributed by atoms with Crippen LogP contribution < -0.4 is 10.6 Å². The summed E-state index contributed by atoms with van der Waals surface area (Å²) in [6.07, 6.45) is 0.654. The lowest BCUT2D eigenvalue weighted by Crippen LogP contribution is -2.31. The highest BCUT2D eigenvalue weighted by atomic mass is 32.2. The van der Waals surface area contributed by atoms with Crippen LogP contribution in [0.4, 0.5) is 10.1 Å². The predicted octanol–water partition coefficient (Wildman–Crippen LogP) is 4.37. The van der Waals surface area contributed by atoms with Gasteiger partial charge in [0.05, 0.1) is 10.9 Å². The van der Waals surface area contributed by atoms with Crippen molar-refractivity contribution in [3.8, 4) is 0 Å². The molecule has 1 heterocycles. The zero-order valence-corrected chi connectivity index (χ0v) is 16.0. The standard InChI is InChI=1S/C21H25FN2OS/c1-14(2)20(26-13-15-6-4-3-5-7-15)21(25)24-18-9-8-16-12-23-11-10-17(16)19(18)22/h3-9,14,20,23H,10-13H2,1-2H3,(H,24,25). The number of hydrogen-bond donors (Lipinski definition) is 2. The quantitative estimate of drug-likeness (QED) is 0.791. The summed E-state index contributed by atoms with van der Waals surface area (Å²) < 4.78 is 14.8. The minimum absolute atomic E-state index is 0.131. The van der Waals surface area contributed by atoms with Gasteiger partial charge in [0.2, 0.25) is 5.91 Å². The first-order valence-electron chi connectivity index (χ1n) is 9.03. The highest BCUT2D eigenvalue weighted by Gasteiger charge is 2.25. The summed E-state index contributed by atoms with van der Waals surface area (Å²) >= 11 is 1.60. The number of benzene rings is 2. The van der Waals surface area contributed by atoms with E-state index in [0.717, 1.165) is 23.4 Å². The lowest BCUT2D eigenvalue weighted by Gasteiger charge is -2.22. The third-order valence-corrected chi connectivity index (χ3v) is 6.22. The maximum atomic E-state index is 14.8. The van der Waals surface area contributed by atoms with Crippen LogP contribution in [0.15, 0.2) is 42.5 Å². The van der Waals surface area contributed by atoms with Gasteiger partial charge in [-0.2, -0.15) is 0 Å². The molecule has 1 aliphatic heterocycles. The number of nitrogens with one attached hydrogen (secondary N) is 2. The molecule has 1 amide bonds. The molecule has 26 heavy (non-hydrogen) atoms. The number of thioether (sulfide) groups is 1. The number of halogens is 1. The van der Waals surface area contributed by atoms with Crippen molar-refractivity contribution in [3.63, 3.8) is 0 Å². The van der Waals surface area contributed by atoms with E-state index in [-0.39, 0.29) is 22.9 Å². The predicted molar refractivity (Wildman–Crippen MR) is 107 cm³/mol. The number of rotatable bonds is 6. The number of carbonyl (C=O) groups is 1. The first-order chi connectivity index (χ1) is 12.6. The summed E-state index contributed by atoms with van der Waals surface area (Å²) in [7, 11) is 0. The Kier molecular flexibility index (Phi) is 6.33. The monoisotopic (exact) mass is 372 g/mol. The van der Waals surface area contributed by atoms with Gasteiger partial charge in [0, 0.05) is 12.3 Å². The van der Waals surface area contributed by atoms with Gasteiger partial charge in [-0.25, -0.2) is 4.39 Å². The van der Waals surface area contributed by atoms with Gasteiger partial charge in [-0.15, -0.1) is 11.8 Å². The fourth-order valence-electron chi connectivity index (χ4n) is 3.17. The van der Waals surface area contributed by atoms with Crippen molar-refractivity contribution in [3.05, 3.63) is 65.0 Å². The van der Waals surface area contributed by atoms with Gasteiger partial charge < -0.3 is 10.6 Å². The Bertz CT molecular complexity index is 764. The molecule has 5 heteroatoms. The lowest BCUT2D eigenvalue weighted by atomic mass is 9.99. The molecule has 0 aliphatic carbocycles. The van der Waals surface area contributed by atoms with Crippen molar-refractivity contribution in [1.82, 2.24) is 5.32 Å². The molecule has 0 radical (unpaired) electrons. The number of fused-ring (bicyclic) bond motifs is 1. The lowest BCUT2D eigenvalue weighted by molar-refractivity contribution is -0.116. The van der Waals surface area contributed by atoms with Crippen molar-refractivity contribution < 1.29 is 9.18 Å². The van der Waals surface area contributed by atoms with Crippen molar-refractivity contribution in [2.75, 3.05) is 11.9 Å². The van der Waals surface area contributed by atoms with Crippen molar-refractivity contribution in [2.45, 2.75) is 37.8 Å². The molecule has 138 valence electrons. The van der Waals surface area contributed by atoms with Crippen molar-refractivity contribution in [2.24, 2.45) is 5.92 Å². The van der Waals surface area contributed by atoms with Crippen LogP contribution in [-0.4, -0.2) is 17.7 Å². The van der Waals surface area contributed by atoms with Crippen LogP contribution >= 0.6 is 11.8 Å². The maximum absolute atomic E-state index is 14.8. The summed E-state index contributed by atoms with van der Waals surface area (Å²) in [6.45, 7) is 5.50. The number of hydrogen-bond acceptors (Lipinski definition) is 3. The molecule has 0 bridgehead atoms. The fraction of sp³-hybridized carbons (Fsp3) is 0.381. The highest BCUT2D eigenvalue weighted by Crippen LogP contribution is 2.28. The minimum Gasteiger partial charge on any atom is -0.323 e. The summed E-state index contributed by atoms with van der Waals surface area (Å²) in [5, 5.41) is 5.83. The van der Waals surface area contributed by atoms with E-state index in [9.17, 15) is 9.18 Å². The third-order valence-electron chi connectivity index (χ3n) is 4.60. The van der Waals surface area contributed by atoms with Gasteiger partial charge in [0.25, 0.3) is 0 Å². The number of amides is 1. The Morgan fingerprint density at radius 3 is 2.73 bits per heavy atom. The van der Waals surface area contributed by atoms with Crippen LogP contribution in [0.1, 0.15) is 30.5 Å². The van der Waals surface area contributed by atoms with E-state index in [2.05, 4.69) is 22.8 Å². The third kappa shape index (κ3) is 4.46. The van der Waals surface area contributed by atoms with Gasteiger partial charge in [-0.1, -0.05) is 50.2 Å². The molecule has 2 N–H and O–H groups in total. The van der Waals surface area contributed by atoms with E-state index in [1.807, 2.05) is 38.1 Å². The average molecular weight is 373 g/mol. The highest BCUT2D eigenvalue weighted by molar-refractivity contribution is 7.99. The van der Waals surface area contributed by atoms with E-state index in [0.29, 0.717) is 18.7 Å². The van der Waals surface area contributed by atoms with E-state index < -0.39 is 0 Å². The Morgan fingerprint density at radius 1 is 1.23 bits per heavy atom. The fourth-order valence-corrected chi connectivity index (χ4v) is 4.32. The molecule has 0 fully saturated rings. The Morgan fingerprint density at radius 2 is 2.00 bits per heavy atom. The number of carbonyl (C=O) groups excluding carboxylic acids is 1. The molecule has 3 nitrogen and oxygen atoms in total. The zero-order valence-electron chi connectivity index (χ0n) is 15.2. The van der Waals surface area contributed by atoms with Crippen LogP contribution in [-0.2, 0) is 23.5 Å². The van der Waals surface area contributed by atoms with Crippen molar-refractivity contribution in [1.29, 1.82) is 0 Å². The molecule has 0 aromatic heterocycles. The van der Waals surface area contributed by atoms with Gasteiger partial charge >= 0.3 is 0 Å². The first-order valence-corrected chi connectivity index (χ1v) is 10.1. The van der Waals surface area contributed by atoms with E-state index in [4.69, 9.17) is 0 Å². The molecule has 1 aliphatic rings. The second-order valence-corrected chi connectivity index (χ2v) is 8.07. The molecular weight excluding hydrogens is 347 g/mol. The smallest absolute Gasteiger partial charge is 0.237 e. The summed E-state index contributed by atoms with van der Waals surface area (Å²) in [6, 6.07) is 13.7. The van der Waals surface area contributed by atoms with Gasteiger partial charge in [0.1, 0.15) is 5.82 Å². The largest absolute Gasteiger partial charge is 0.323 e. The maximum Gasteiger partial charge on any atom is 0.237 e. The normalized spacial score (nSPS) is 14.8. The van der Waals surface area contributed by atoms with Crippen LogP contribution in [0.3, 0.4) is 0 Å². The Balaban J connectivity index is 1.70. The molecule has 0 spiro atoms. The molecule has 2 aromatic carbocycles. The SMILES string of the molecule is CC(C)C(SCc1ccccc1)C(=O)Nc1ccc2c(c1F)CCNC2. The molecule has 0 saturated carbocycles. The van der Waals surface area contributed by atoms with E-state index >= 15 is 0 Å². The molecule has 2 aromatic rings.